The summed E-state index contributed by atoms with van der Waals surface area (Å²) in [5.74, 6) is -0.0638. The van der Waals surface area contributed by atoms with Crippen LogP contribution < -0.4 is 26.5 Å². The van der Waals surface area contributed by atoms with Crippen LogP contribution in [0.4, 0.5) is 0 Å². The molecule has 0 bridgehead atoms. The second-order valence-electron chi connectivity index (χ2n) is 10.5. The molecule has 5 heteroatoms. The number of nitrogens with zero attached hydrogens (tertiary/aromatic N) is 1. The third-order valence-electron chi connectivity index (χ3n) is 7.72. The van der Waals surface area contributed by atoms with E-state index in [4.69, 9.17) is 0 Å². The summed E-state index contributed by atoms with van der Waals surface area (Å²) in [6, 6.07) is 37.3. The van der Waals surface area contributed by atoms with Gasteiger partial charge in [-0.2, -0.15) is 0 Å². The average molecular weight is 554 g/mol. The molecule has 40 heavy (non-hydrogen) atoms. The monoisotopic (exact) mass is 553 g/mol. The molecule has 4 nitrogen and oxygen atoms in total. The predicted octanol–water partition coefficient (Wildman–Crippen LogP) is 5.86. The van der Waals surface area contributed by atoms with Gasteiger partial charge in [0.25, 0.3) is 5.91 Å². The molecule has 4 rings (SSSR count). The molecule has 0 saturated carbocycles. The summed E-state index contributed by atoms with van der Waals surface area (Å²) in [7, 11) is -2.09. The van der Waals surface area contributed by atoms with E-state index in [1.165, 1.54) is 67.0 Å². The molecule has 0 spiro atoms. The quantitative estimate of drug-likeness (QED) is 0.127. The van der Waals surface area contributed by atoms with Crippen LogP contribution in [0.3, 0.4) is 0 Å². The Labute approximate surface area is 241 Å². The third-order valence-corrected chi connectivity index (χ3v) is 12.8. The Morgan fingerprint density at radius 1 is 0.575 bits per heavy atom. The van der Waals surface area contributed by atoms with Gasteiger partial charge in [0.05, 0.1) is 5.56 Å². The van der Waals surface area contributed by atoms with Crippen molar-refractivity contribution in [2.24, 2.45) is 0 Å². The SMILES string of the molecule is O=C(NCCNCCCCCCCCC[PH](c1ccccc1)(c1ccccc1)c1ccccc1)c1cccnc1. The molecule has 1 amide bonds. The van der Waals surface area contributed by atoms with Crippen LogP contribution in [0.5, 0.6) is 0 Å². The molecule has 0 saturated heterocycles. The number of aromatic nitrogens is 1. The van der Waals surface area contributed by atoms with Gasteiger partial charge in [0, 0.05) is 12.4 Å². The summed E-state index contributed by atoms with van der Waals surface area (Å²) in [6.07, 6.45) is 13.4. The molecule has 3 aromatic carbocycles. The zero-order valence-corrected chi connectivity index (χ0v) is 24.6. The van der Waals surface area contributed by atoms with Gasteiger partial charge in [-0.1, -0.05) is 0 Å². The maximum Gasteiger partial charge on any atom is 0.0576 e. The van der Waals surface area contributed by atoms with Gasteiger partial charge in [0.15, 0.2) is 0 Å². The molecular formula is C35H44N3OP. The Kier molecular flexibility index (Phi) is 12.4. The van der Waals surface area contributed by atoms with Gasteiger partial charge in [-0.25, -0.2) is 0 Å². The maximum absolute atomic E-state index is 12.0. The molecule has 0 unspecified atom stereocenters. The first-order valence-electron chi connectivity index (χ1n) is 14.9. The van der Waals surface area contributed by atoms with Gasteiger partial charge in [-0.3, -0.25) is 9.78 Å². The van der Waals surface area contributed by atoms with Crippen molar-refractivity contribution >= 4 is 29.1 Å². The van der Waals surface area contributed by atoms with E-state index in [-0.39, 0.29) is 5.91 Å². The zero-order valence-electron chi connectivity index (χ0n) is 23.6. The Balaban J connectivity index is 1.16. The van der Waals surface area contributed by atoms with E-state index in [1.807, 2.05) is 0 Å². The molecule has 0 radical (unpaired) electrons. The maximum atomic E-state index is 12.0. The summed E-state index contributed by atoms with van der Waals surface area (Å²) in [6.45, 7) is 2.43. The van der Waals surface area contributed by atoms with E-state index in [9.17, 15) is 4.79 Å². The standard InChI is InChI=1S/C35H44N3OP/c39-35(31-18-17-26-37-30-31)38-28-27-36-25-15-4-2-1-3-5-16-29-40(32-19-9-6-10-20-32,33-21-11-7-12-22-33)34-23-13-8-14-24-34/h6-14,17-24,26,30,36,40H,1-5,15-16,25,27-29H2,(H,38,39). The van der Waals surface area contributed by atoms with Gasteiger partial charge in [-0.05, 0) is 12.1 Å². The summed E-state index contributed by atoms with van der Waals surface area (Å²) in [5.41, 5.74) is 0.607. The summed E-state index contributed by atoms with van der Waals surface area (Å²) < 4.78 is 0. The van der Waals surface area contributed by atoms with E-state index < -0.39 is 7.26 Å². The van der Waals surface area contributed by atoms with Crippen LogP contribution in [-0.2, 0) is 0 Å². The fraction of sp³-hybridized carbons (Fsp3) is 0.314. The molecule has 0 aliphatic heterocycles. The van der Waals surface area contributed by atoms with E-state index in [0.717, 1.165) is 13.1 Å². The Morgan fingerprint density at radius 2 is 1.10 bits per heavy atom. The number of amides is 1. The second-order valence-corrected chi connectivity index (χ2v) is 14.5. The number of rotatable bonds is 17. The number of unbranched alkanes of at least 4 members (excludes halogenated alkanes) is 6. The minimum atomic E-state index is -2.09. The topological polar surface area (TPSA) is 54.0 Å². The molecule has 1 heterocycles. The summed E-state index contributed by atoms with van der Waals surface area (Å²) in [5, 5.41) is 10.9. The number of nitrogens with one attached hydrogen (secondary N) is 2. The molecule has 4 aromatic rings. The van der Waals surface area contributed by atoms with Gasteiger partial charge >= 0.3 is 190 Å². The molecule has 0 aliphatic carbocycles. The van der Waals surface area contributed by atoms with Crippen molar-refractivity contribution in [1.29, 1.82) is 0 Å². The second kappa shape index (κ2) is 16.7. The molecule has 2 N–H and O–H groups in total. The van der Waals surface area contributed by atoms with E-state index >= 15 is 0 Å². The molecular weight excluding hydrogens is 509 g/mol. The molecule has 0 fully saturated rings. The number of hydrogen-bond donors (Lipinski definition) is 2. The minimum absolute atomic E-state index is 0.0638. The minimum Gasteiger partial charge on any atom is -0.264 e. The van der Waals surface area contributed by atoms with Crippen molar-refractivity contribution < 1.29 is 4.79 Å². The van der Waals surface area contributed by atoms with E-state index in [2.05, 4.69) is 107 Å². The van der Waals surface area contributed by atoms with Crippen LogP contribution in [-0.4, -0.2) is 36.7 Å². The van der Waals surface area contributed by atoms with Crippen LogP contribution in [0.1, 0.15) is 55.3 Å². The normalized spacial score (nSPS) is 11.7. The van der Waals surface area contributed by atoms with Gasteiger partial charge in [0.1, 0.15) is 0 Å². The third kappa shape index (κ3) is 8.58. The molecule has 0 atom stereocenters. The van der Waals surface area contributed by atoms with E-state index in [1.54, 1.807) is 24.5 Å². The van der Waals surface area contributed by atoms with Crippen molar-refractivity contribution in [3.8, 4) is 0 Å². The fourth-order valence-corrected chi connectivity index (χ4v) is 10.5. The van der Waals surface area contributed by atoms with E-state index in [0.29, 0.717) is 12.1 Å². The first-order chi connectivity index (χ1) is 19.8. The number of benzene rings is 3. The summed E-state index contributed by atoms with van der Waals surface area (Å²) >= 11 is 0. The van der Waals surface area contributed by atoms with Crippen LogP contribution >= 0.6 is 7.26 Å². The van der Waals surface area contributed by atoms with Crippen molar-refractivity contribution in [3.63, 3.8) is 0 Å². The first kappa shape index (κ1) is 29.6. The van der Waals surface area contributed by atoms with Gasteiger partial charge in [0.2, 0.25) is 0 Å². The first-order valence-corrected chi connectivity index (χ1v) is 17.1. The van der Waals surface area contributed by atoms with Crippen molar-refractivity contribution in [2.75, 3.05) is 25.8 Å². The Morgan fingerprint density at radius 3 is 1.62 bits per heavy atom. The fourth-order valence-electron chi connectivity index (χ4n) is 5.61. The number of pyridine rings is 1. The van der Waals surface area contributed by atoms with Gasteiger partial charge < -0.3 is 5.32 Å². The van der Waals surface area contributed by atoms with Crippen molar-refractivity contribution in [3.05, 3.63) is 121 Å². The zero-order chi connectivity index (χ0) is 27.7. The van der Waals surface area contributed by atoms with Gasteiger partial charge in [-0.15, -0.1) is 0 Å². The molecule has 1 aromatic heterocycles. The van der Waals surface area contributed by atoms with Crippen LogP contribution in [0.15, 0.2) is 116 Å². The van der Waals surface area contributed by atoms with Crippen molar-refractivity contribution in [2.45, 2.75) is 44.9 Å². The smallest absolute Gasteiger partial charge is 0.0576 e. The van der Waals surface area contributed by atoms with Crippen LogP contribution in [0.25, 0.3) is 0 Å². The van der Waals surface area contributed by atoms with Crippen LogP contribution in [0, 0.1) is 0 Å². The number of hydrogen-bond acceptors (Lipinski definition) is 3. The molecule has 0 aliphatic rings. The predicted molar refractivity (Wildman–Crippen MR) is 173 cm³/mol. The van der Waals surface area contributed by atoms with Crippen molar-refractivity contribution in [1.82, 2.24) is 15.6 Å². The number of carbonyl (C=O) groups is 1. The molecule has 210 valence electrons. The average Bonchev–Trinajstić information content (AvgIpc) is 3.03. The Hall–Kier alpha value is -3.33. The number of carbonyl (C=O) groups excluding carboxylic acids is 1. The Bertz CT molecular complexity index is 1140. The van der Waals surface area contributed by atoms with Crippen LogP contribution in [0.2, 0.25) is 0 Å². The summed E-state index contributed by atoms with van der Waals surface area (Å²) in [4.78, 5) is 16.0. The largest absolute Gasteiger partial charge is 0.264 e.